The summed E-state index contributed by atoms with van der Waals surface area (Å²) in [7, 11) is 0. The maximum atomic E-state index is 6.16. The summed E-state index contributed by atoms with van der Waals surface area (Å²) in [4.78, 5) is 5.29. The van der Waals surface area contributed by atoms with Crippen LogP contribution in [0, 0.1) is 0 Å². The SMILES string of the molecule is Clc1ccccc1NCCN1CCCN2CCCC2C1. The van der Waals surface area contributed by atoms with Gasteiger partial charge in [-0.2, -0.15) is 0 Å². The average Bonchev–Trinajstić information content (AvgIpc) is 2.79. The number of para-hydroxylation sites is 1. The number of nitrogens with one attached hydrogen (secondary N) is 1. The van der Waals surface area contributed by atoms with Crippen molar-refractivity contribution in [2.75, 3.05) is 44.6 Å². The number of fused-ring (bicyclic) bond motifs is 1. The molecule has 3 rings (SSSR count). The minimum absolute atomic E-state index is 0.804. The lowest BCUT2D eigenvalue weighted by molar-refractivity contribution is 0.224. The molecule has 1 unspecified atom stereocenters. The Morgan fingerprint density at radius 3 is 2.90 bits per heavy atom. The lowest BCUT2D eigenvalue weighted by Crippen LogP contribution is -2.38. The predicted molar refractivity (Wildman–Crippen MR) is 85.6 cm³/mol. The molecule has 110 valence electrons. The minimum atomic E-state index is 0.804. The summed E-state index contributed by atoms with van der Waals surface area (Å²) in [5.74, 6) is 0. The molecule has 0 bridgehead atoms. The van der Waals surface area contributed by atoms with Crippen LogP contribution in [0.3, 0.4) is 0 Å². The van der Waals surface area contributed by atoms with E-state index >= 15 is 0 Å². The van der Waals surface area contributed by atoms with Crippen molar-refractivity contribution in [2.45, 2.75) is 25.3 Å². The molecule has 0 radical (unpaired) electrons. The van der Waals surface area contributed by atoms with Gasteiger partial charge in [-0.1, -0.05) is 23.7 Å². The maximum Gasteiger partial charge on any atom is 0.0637 e. The summed E-state index contributed by atoms with van der Waals surface area (Å²) in [5, 5.41) is 4.26. The first-order valence-electron chi connectivity index (χ1n) is 7.78. The average molecular weight is 294 g/mol. The quantitative estimate of drug-likeness (QED) is 0.921. The Morgan fingerprint density at radius 1 is 1.15 bits per heavy atom. The van der Waals surface area contributed by atoms with Crippen LogP contribution in [-0.2, 0) is 0 Å². The van der Waals surface area contributed by atoms with Crippen molar-refractivity contribution in [1.82, 2.24) is 9.80 Å². The van der Waals surface area contributed by atoms with E-state index in [-0.39, 0.29) is 0 Å². The van der Waals surface area contributed by atoms with Crippen molar-refractivity contribution in [2.24, 2.45) is 0 Å². The van der Waals surface area contributed by atoms with E-state index in [1.54, 1.807) is 0 Å². The molecule has 1 N–H and O–H groups in total. The van der Waals surface area contributed by atoms with E-state index in [0.717, 1.165) is 29.8 Å². The highest BCUT2D eigenvalue weighted by atomic mass is 35.5. The lowest BCUT2D eigenvalue weighted by Gasteiger charge is -2.25. The molecule has 2 heterocycles. The monoisotopic (exact) mass is 293 g/mol. The van der Waals surface area contributed by atoms with E-state index in [0.29, 0.717) is 0 Å². The number of anilines is 1. The highest BCUT2D eigenvalue weighted by Crippen LogP contribution is 2.22. The molecule has 0 saturated carbocycles. The Hall–Kier alpha value is -0.770. The molecular formula is C16H24ClN3. The molecule has 2 aliphatic heterocycles. The molecule has 2 aliphatic rings. The standard InChI is InChI=1S/C16H24ClN3/c17-15-6-1-2-7-16(15)18-8-12-19-9-4-11-20-10-3-5-14(20)13-19/h1-2,6-7,14,18H,3-5,8-13H2. The van der Waals surface area contributed by atoms with Gasteiger partial charge in [-0.3, -0.25) is 9.80 Å². The van der Waals surface area contributed by atoms with Crippen molar-refractivity contribution in [3.63, 3.8) is 0 Å². The third-order valence-electron chi connectivity index (χ3n) is 4.51. The van der Waals surface area contributed by atoms with E-state index < -0.39 is 0 Å². The number of rotatable bonds is 4. The van der Waals surface area contributed by atoms with Gasteiger partial charge >= 0.3 is 0 Å². The van der Waals surface area contributed by atoms with Gasteiger partial charge in [0, 0.05) is 25.7 Å². The fourth-order valence-electron chi connectivity index (χ4n) is 3.44. The fourth-order valence-corrected chi connectivity index (χ4v) is 3.64. The van der Waals surface area contributed by atoms with Crippen LogP contribution in [0.25, 0.3) is 0 Å². The molecule has 0 aromatic heterocycles. The molecule has 0 aliphatic carbocycles. The van der Waals surface area contributed by atoms with Gasteiger partial charge in [0.1, 0.15) is 0 Å². The summed E-state index contributed by atoms with van der Waals surface area (Å²) >= 11 is 6.16. The Kier molecular flexibility index (Phi) is 4.81. The zero-order valence-corrected chi connectivity index (χ0v) is 12.8. The first-order chi connectivity index (χ1) is 9.83. The van der Waals surface area contributed by atoms with Gasteiger partial charge in [-0.05, 0) is 51.0 Å². The van der Waals surface area contributed by atoms with Gasteiger partial charge in [-0.25, -0.2) is 0 Å². The molecule has 0 spiro atoms. The van der Waals surface area contributed by atoms with Crippen LogP contribution in [0.2, 0.25) is 5.02 Å². The van der Waals surface area contributed by atoms with Gasteiger partial charge in [-0.15, -0.1) is 0 Å². The Bertz CT molecular complexity index is 437. The normalized spacial score (nSPS) is 24.4. The third kappa shape index (κ3) is 3.46. The number of hydrogen-bond acceptors (Lipinski definition) is 3. The maximum absolute atomic E-state index is 6.16. The number of benzene rings is 1. The van der Waals surface area contributed by atoms with Crippen molar-refractivity contribution >= 4 is 17.3 Å². The Labute approximate surface area is 126 Å². The lowest BCUT2D eigenvalue weighted by atomic mass is 10.2. The molecule has 4 heteroatoms. The third-order valence-corrected chi connectivity index (χ3v) is 4.83. The second kappa shape index (κ2) is 6.79. The number of nitrogens with zero attached hydrogens (tertiary/aromatic N) is 2. The highest BCUT2D eigenvalue weighted by Gasteiger charge is 2.28. The first-order valence-corrected chi connectivity index (χ1v) is 8.15. The molecule has 3 nitrogen and oxygen atoms in total. The highest BCUT2D eigenvalue weighted by molar-refractivity contribution is 6.33. The zero-order chi connectivity index (χ0) is 13.8. The summed E-state index contributed by atoms with van der Waals surface area (Å²) in [6.45, 7) is 7.16. The molecular weight excluding hydrogens is 270 g/mol. The second-order valence-electron chi connectivity index (χ2n) is 5.89. The molecule has 2 fully saturated rings. The zero-order valence-electron chi connectivity index (χ0n) is 12.0. The van der Waals surface area contributed by atoms with Crippen molar-refractivity contribution in [3.8, 4) is 0 Å². The molecule has 2 saturated heterocycles. The predicted octanol–water partition coefficient (Wildman–Crippen LogP) is 2.92. The van der Waals surface area contributed by atoms with Gasteiger partial charge in [0.25, 0.3) is 0 Å². The molecule has 1 aromatic carbocycles. The van der Waals surface area contributed by atoms with Crippen molar-refractivity contribution in [1.29, 1.82) is 0 Å². The van der Waals surface area contributed by atoms with Crippen LogP contribution in [0.4, 0.5) is 5.69 Å². The largest absolute Gasteiger partial charge is 0.383 e. The van der Waals surface area contributed by atoms with Crippen molar-refractivity contribution in [3.05, 3.63) is 29.3 Å². The van der Waals surface area contributed by atoms with E-state index in [4.69, 9.17) is 11.6 Å². The first kappa shape index (κ1) is 14.2. The van der Waals surface area contributed by atoms with E-state index in [1.807, 2.05) is 24.3 Å². The van der Waals surface area contributed by atoms with Gasteiger partial charge < -0.3 is 5.32 Å². The van der Waals surface area contributed by atoms with Crippen molar-refractivity contribution < 1.29 is 0 Å². The molecule has 20 heavy (non-hydrogen) atoms. The second-order valence-corrected chi connectivity index (χ2v) is 6.30. The van der Waals surface area contributed by atoms with E-state index in [2.05, 4.69) is 15.1 Å². The fraction of sp³-hybridized carbons (Fsp3) is 0.625. The molecule has 0 amide bonds. The van der Waals surface area contributed by atoms with E-state index in [1.165, 1.54) is 45.4 Å². The number of halogens is 1. The topological polar surface area (TPSA) is 18.5 Å². The van der Waals surface area contributed by atoms with Crippen LogP contribution in [0.15, 0.2) is 24.3 Å². The molecule has 1 atom stereocenters. The van der Waals surface area contributed by atoms with E-state index in [9.17, 15) is 0 Å². The van der Waals surface area contributed by atoms with Gasteiger partial charge in [0.05, 0.1) is 10.7 Å². The Morgan fingerprint density at radius 2 is 2.00 bits per heavy atom. The summed E-state index contributed by atoms with van der Waals surface area (Å²) in [5.41, 5.74) is 1.05. The van der Waals surface area contributed by atoms with Gasteiger partial charge in [0.15, 0.2) is 0 Å². The van der Waals surface area contributed by atoms with Crippen LogP contribution >= 0.6 is 11.6 Å². The molecule has 1 aromatic rings. The van der Waals surface area contributed by atoms with Crippen LogP contribution in [0.1, 0.15) is 19.3 Å². The Balaban J connectivity index is 1.47. The summed E-state index contributed by atoms with van der Waals surface area (Å²) in [6, 6.07) is 8.78. The summed E-state index contributed by atoms with van der Waals surface area (Å²) in [6.07, 6.45) is 4.08. The number of hydrogen-bond donors (Lipinski definition) is 1. The van der Waals surface area contributed by atoms with Crippen LogP contribution in [-0.4, -0.2) is 55.1 Å². The van der Waals surface area contributed by atoms with Crippen LogP contribution < -0.4 is 5.32 Å². The smallest absolute Gasteiger partial charge is 0.0637 e. The van der Waals surface area contributed by atoms with Gasteiger partial charge in [0.2, 0.25) is 0 Å². The summed E-state index contributed by atoms with van der Waals surface area (Å²) < 4.78 is 0. The minimum Gasteiger partial charge on any atom is -0.383 e. The van der Waals surface area contributed by atoms with Crippen LogP contribution in [0.5, 0.6) is 0 Å².